The van der Waals surface area contributed by atoms with Crippen molar-refractivity contribution in [3.63, 3.8) is 0 Å². The van der Waals surface area contributed by atoms with Gasteiger partial charge in [-0.1, -0.05) is 42.5 Å². The molecule has 2 saturated heterocycles. The minimum absolute atomic E-state index is 0.0285. The molecule has 7 nitrogen and oxygen atoms in total. The van der Waals surface area contributed by atoms with Crippen LogP contribution in [0.2, 0.25) is 0 Å². The van der Waals surface area contributed by atoms with Crippen LogP contribution in [0.3, 0.4) is 0 Å². The highest BCUT2D eigenvalue weighted by atomic mass is 16.6. The van der Waals surface area contributed by atoms with Crippen molar-refractivity contribution >= 4 is 18.0 Å². The molecule has 2 heterocycles. The van der Waals surface area contributed by atoms with Crippen LogP contribution in [0.5, 0.6) is 0 Å². The van der Waals surface area contributed by atoms with Crippen LogP contribution >= 0.6 is 0 Å². The maximum atomic E-state index is 14.0. The summed E-state index contributed by atoms with van der Waals surface area (Å²) in [6.45, 7) is 7.55. The lowest BCUT2D eigenvalue weighted by atomic mass is 9.68. The standard InChI is InChI=1S/C28H34N2O5/c1-27(2,3)35-26(33)29-15-13-28(14-16-29)23(21-10-6-5-7-11-21)19-30(25(28)32)18-20-9-8-12-22(17-20)24(31)34-4/h5-12,17,23H,13-16,18-19H2,1-4H3. The average molecular weight is 479 g/mol. The van der Waals surface area contributed by atoms with Crippen molar-refractivity contribution in [3.8, 4) is 0 Å². The molecular formula is C28H34N2O5. The molecular weight excluding hydrogens is 444 g/mol. The van der Waals surface area contributed by atoms with E-state index in [9.17, 15) is 14.4 Å². The van der Waals surface area contributed by atoms with E-state index in [1.165, 1.54) is 7.11 Å². The molecule has 186 valence electrons. The highest BCUT2D eigenvalue weighted by molar-refractivity contribution is 5.90. The molecule has 0 aromatic heterocycles. The Morgan fingerprint density at radius 1 is 1.03 bits per heavy atom. The van der Waals surface area contributed by atoms with Gasteiger partial charge in [0, 0.05) is 32.1 Å². The number of rotatable bonds is 4. The van der Waals surface area contributed by atoms with E-state index in [0.717, 1.165) is 11.1 Å². The number of carbonyl (C=O) groups excluding carboxylic acids is 3. The lowest BCUT2D eigenvalue weighted by Gasteiger charge is -2.41. The molecule has 2 aliphatic rings. The second-order valence-electron chi connectivity index (χ2n) is 10.5. The van der Waals surface area contributed by atoms with Gasteiger partial charge in [-0.2, -0.15) is 0 Å². The molecule has 0 radical (unpaired) electrons. The lowest BCUT2D eigenvalue weighted by molar-refractivity contribution is -0.139. The predicted octanol–water partition coefficient (Wildman–Crippen LogP) is 4.62. The Balaban J connectivity index is 1.57. The van der Waals surface area contributed by atoms with E-state index in [1.54, 1.807) is 17.0 Å². The molecule has 0 bridgehead atoms. The van der Waals surface area contributed by atoms with E-state index in [2.05, 4.69) is 12.1 Å². The highest BCUT2D eigenvalue weighted by Gasteiger charge is 2.55. The quantitative estimate of drug-likeness (QED) is 0.600. The Labute approximate surface area is 207 Å². The first-order valence-corrected chi connectivity index (χ1v) is 12.1. The molecule has 2 fully saturated rings. The number of piperidine rings is 1. The SMILES string of the molecule is COC(=O)c1cccc(CN2CC(c3ccccc3)C3(CCN(C(=O)OC(C)(C)C)CC3)C2=O)c1. The molecule has 2 aromatic rings. The van der Waals surface area contributed by atoms with Crippen LogP contribution in [0, 0.1) is 5.41 Å². The van der Waals surface area contributed by atoms with Gasteiger partial charge in [-0.3, -0.25) is 4.79 Å². The Hall–Kier alpha value is -3.35. The first-order chi connectivity index (χ1) is 16.6. The summed E-state index contributed by atoms with van der Waals surface area (Å²) < 4.78 is 10.4. The van der Waals surface area contributed by atoms with Crippen LogP contribution < -0.4 is 0 Å². The third kappa shape index (κ3) is 5.19. The summed E-state index contributed by atoms with van der Waals surface area (Å²) in [5, 5.41) is 0. The molecule has 4 rings (SSSR count). The summed E-state index contributed by atoms with van der Waals surface area (Å²) in [5.41, 5.74) is 1.36. The number of benzene rings is 2. The number of ether oxygens (including phenoxy) is 2. The van der Waals surface area contributed by atoms with Gasteiger partial charge < -0.3 is 19.3 Å². The summed E-state index contributed by atoms with van der Waals surface area (Å²) in [6.07, 6.45) is 0.845. The van der Waals surface area contributed by atoms with Crippen LogP contribution in [0.15, 0.2) is 54.6 Å². The van der Waals surface area contributed by atoms with Crippen LogP contribution in [-0.4, -0.2) is 60.1 Å². The normalized spacial score (nSPS) is 19.7. The smallest absolute Gasteiger partial charge is 0.410 e. The molecule has 0 N–H and O–H groups in total. The fourth-order valence-corrected chi connectivity index (χ4v) is 5.30. The van der Waals surface area contributed by atoms with Crippen LogP contribution in [0.25, 0.3) is 0 Å². The highest BCUT2D eigenvalue weighted by Crippen LogP contribution is 2.51. The third-order valence-electron chi connectivity index (χ3n) is 7.01. The van der Waals surface area contributed by atoms with E-state index in [1.807, 2.05) is 56.0 Å². The lowest BCUT2D eigenvalue weighted by Crippen LogP contribution is -2.49. The van der Waals surface area contributed by atoms with Crippen molar-refractivity contribution in [2.45, 2.75) is 51.7 Å². The van der Waals surface area contributed by atoms with Crippen molar-refractivity contribution in [2.75, 3.05) is 26.7 Å². The van der Waals surface area contributed by atoms with E-state index >= 15 is 0 Å². The van der Waals surface area contributed by atoms with Crippen LogP contribution in [0.4, 0.5) is 4.79 Å². The molecule has 0 aliphatic carbocycles. The van der Waals surface area contributed by atoms with E-state index in [-0.39, 0.29) is 17.9 Å². The number of hydrogen-bond donors (Lipinski definition) is 0. The van der Waals surface area contributed by atoms with E-state index in [0.29, 0.717) is 44.6 Å². The van der Waals surface area contributed by atoms with E-state index < -0.39 is 17.0 Å². The molecule has 7 heteroatoms. The monoisotopic (exact) mass is 478 g/mol. The van der Waals surface area contributed by atoms with Gasteiger partial charge in [0.25, 0.3) is 0 Å². The number of methoxy groups -OCH3 is 1. The summed E-state index contributed by atoms with van der Waals surface area (Å²) in [7, 11) is 1.36. The van der Waals surface area contributed by atoms with Crippen LogP contribution in [0.1, 0.15) is 61.0 Å². The van der Waals surface area contributed by atoms with Crippen LogP contribution in [-0.2, 0) is 20.8 Å². The molecule has 2 aromatic carbocycles. The summed E-state index contributed by atoms with van der Waals surface area (Å²) in [6, 6.07) is 17.4. The predicted molar refractivity (Wildman–Crippen MR) is 132 cm³/mol. The molecule has 2 aliphatic heterocycles. The van der Waals surface area contributed by atoms with Gasteiger partial charge in [0.2, 0.25) is 5.91 Å². The summed E-state index contributed by atoms with van der Waals surface area (Å²) >= 11 is 0. The van der Waals surface area contributed by atoms with Gasteiger partial charge in [-0.15, -0.1) is 0 Å². The fourth-order valence-electron chi connectivity index (χ4n) is 5.30. The number of nitrogens with zero attached hydrogens (tertiary/aromatic N) is 2. The summed E-state index contributed by atoms with van der Waals surface area (Å²) in [4.78, 5) is 42.2. The Bertz CT molecular complexity index is 1080. The van der Waals surface area contributed by atoms with E-state index in [4.69, 9.17) is 9.47 Å². The molecule has 35 heavy (non-hydrogen) atoms. The van der Waals surface area contributed by atoms with Gasteiger partial charge in [-0.25, -0.2) is 9.59 Å². The average Bonchev–Trinajstić information content (AvgIpc) is 3.09. The van der Waals surface area contributed by atoms with Gasteiger partial charge in [0.05, 0.1) is 18.1 Å². The van der Waals surface area contributed by atoms with Crippen molar-refractivity contribution in [1.82, 2.24) is 9.80 Å². The van der Waals surface area contributed by atoms with Crippen molar-refractivity contribution in [2.24, 2.45) is 5.41 Å². The minimum Gasteiger partial charge on any atom is -0.465 e. The van der Waals surface area contributed by atoms with Gasteiger partial charge in [0.15, 0.2) is 0 Å². The molecule has 1 spiro atoms. The maximum Gasteiger partial charge on any atom is 0.410 e. The number of amides is 2. The van der Waals surface area contributed by atoms with Gasteiger partial charge in [0.1, 0.15) is 5.60 Å². The molecule has 2 amide bonds. The largest absolute Gasteiger partial charge is 0.465 e. The second kappa shape index (κ2) is 9.72. The Morgan fingerprint density at radius 2 is 1.71 bits per heavy atom. The fraction of sp³-hybridized carbons (Fsp3) is 0.464. The number of carbonyl (C=O) groups is 3. The van der Waals surface area contributed by atoms with Gasteiger partial charge >= 0.3 is 12.1 Å². The van der Waals surface area contributed by atoms with Gasteiger partial charge in [-0.05, 0) is 56.9 Å². The zero-order valence-corrected chi connectivity index (χ0v) is 21.0. The number of hydrogen-bond acceptors (Lipinski definition) is 5. The minimum atomic E-state index is -0.570. The zero-order chi connectivity index (χ0) is 25.2. The topological polar surface area (TPSA) is 76.2 Å². The number of likely N-dealkylation sites (tertiary alicyclic amines) is 2. The summed E-state index contributed by atoms with van der Waals surface area (Å²) in [5.74, 6) is -0.257. The first-order valence-electron chi connectivity index (χ1n) is 12.1. The molecule has 1 unspecified atom stereocenters. The van der Waals surface area contributed by atoms with Crippen molar-refractivity contribution in [1.29, 1.82) is 0 Å². The van der Waals surface area contributed by atoms with Crippen molar-refractivity contribution < 1.29 is 23.9 Å². The first kappa shape index (κ1) is 24.8. The molecule has 0 saturated carbocycles. The van der Waals surface area contributed by atoms with Crippen molar-refractivity contribution in [3.05, 3.63) is 71.3 Å². The third-order valence-corrected chi connectivity index (χ3v) is 7.01. The zero-order valence-electron chi connectivity index (χ0n) is 21.0. The Morgan fingerprint density at radius 3 is 2.34 bits per heavy atom. The second-order valence-corrected chi connectivity index (χ2v) is 10.5. The molecule has 1 atom stereocenters. The number of esters is 1. The Kier molecular flexibility index (Phi) is 6.88. The maximum absolute atomic E-state index is 14.0.